The molecule has 2 aromatic carbocycles. The molecular formula is C21H22ClN3O2S. The second-order valence-corrected chi connectivity index (χ2v) is 7.65. The molecule has 0 radical (unpaired) electrons. The number of aromatic nitrogens is 1. The molecule has 0 fully saturated rings. The van der Waals surface area contributed by atoms with Gasteiger partial charge in [-0.25, -0.2) is 4.98 Å². The first-order valence-electron chi connectivity index (χ1n) is 8.91. The molecule has 146 valence electrons. The summed E-state index contributed by atoms with van der Waals surface area (Å²) in [6, 6.07) is 13.2. The maximum absolute atomic E-state index is 12.6. The van der Waals surface area contributed by atoms with E-state index in [0.717, 1.165) is 27.7 Å². The van der Waals surface area contributed by atoms with Crippen LogP contribution in [0.15, 0.2) is 47.8 Å². The lowest BCUT2D eigenvalue weighted by atomic mass is 10.2. The number of carbonyl (C=O) groups excluding carboxylic acids is 1. The molecule has 1 aromatic heterocycles. The highest BCUT2D eigenvalue weighted by Gasteiger charge is 2.14. The first kappa shape index (κ1) is 20.2. The first-order chi connectivity index (χ1) is 13.5. The summed E-state index contributed by atoms with van der Waals surface area (Å²) in [6.07, 6.45) is 0.187. The number of nitrogens with zero attached hydrogens (tertiary/aromatic N) is 2. The molecule has 0 aliphatic heterocycles. The van der Waals surface area contributed by atoms with Crippen molar-refractivity contribution < 1.29 is 9.53 Å². The van der Waals surface area contributed by atoms with E-state index in [2.05, 4.69) is 10.3 Å². The molecule has 0 bridgehead atoms. The van der Waals surface area contributed by atoms with Crippen LogP contribution in [0.3, 0.4) is 0 Å². The minimum atomic E-state index is -0.139. The van der Waals surface area contributed by atoms with Crippen LogP contribution in [0.2, 0.25) is 5.02 Å². The SMILES string of the molecule is CCOc1ccccc1-c1nc(CC(=O)Nc2cc(Cl)ccc2N(C)C)cs1. The Balaban J connectivity index is 1.74. The van der Waals surface area contributed by atoms with Crippen LogP contribution in [0.5, 0.6) is 5.75 Å². The van der Waals surface area contributed by atoms with Crippen molar-refractivity contribution in [3.05, 3.63) is 58.6 Å². The zero-order valence-electron chi connectivity index (χ0n) is 16.0. The Morgan fingerprint density at radius 1 is 1.25 bits per heavy atom. The lowest BCUT2D eigenvalue weighted by molar-refractivity contribution is -0.115. The van der Waals surface area contributed by atoms with E-state index in [4.69, 9.17) is 16.3 Å². The van der Waals surface area contributed by atoms with Crippen LogP contribution < -0.4 is 15.0 Å². The topological polar surface area (TPSA) is 54.5 Å². The van der Waals surface area contributed by atoms with Gasteiger partial charge in [0.15, 0.2) is 0 Å². The van der Waals surface area contributed by atoms with Gasteiger partial charge in [0, 0.05) is 24.5 Å². The van der Waals surface area contributed by atoms with Crippen LogP contribution in [0.4, 0.5) is 11.4 Å². The van der Waals surface area contributed by atoms with Gasteiger partial charge in [-0.1, -0.05) is 23.7 Å². The number of amides is 1. The Hall–Kier alpha value is -2.57. The van der Waals surface area contributed by atoms with Crippen LogP contribution in [-0.2, 0) is 11.2 Å². The number of nitrogens with one attached hydrogen (secondary N) is 1. The molecule has 28 heavy (non-hydrogen) atoms. The van der Waals surface area contributed by atoms with Crippen molar-refractivity contribution in [2.45, 2.75) is 13.3 Å². The molecule has 0 saturated heterocycles. The number of hydrogen-bond acceptors (Lipinski definition) is 5. The standard InChI is InChI=1S/C21H22ClN3O2S/c1-4-27-19-8-6-5-7-16(19)21-23-15(13-28-21)12-20(26)24-17-11-14(22)9-10-18(17)25(2)3/h5-11,13H,4,12H2,1-3H3,(H,24,26). The second-order valence-electron chi connectivity index (χ2n) is 6.35. The third-order valence-corrected chi connectivity index (χ3v) is 5.18. The Bertz CT molecular complexity index is 972. The van der Waals surface area contributed by atoms with Crippen LogP contribution in [0.1, 0.15) is 12.6 Å². The molecule has 0 spiro atoms. The van der Waals surface area contributed by atoms with E-state index >= 15 is 0 Å². The summed E-state index contributed by atoms with van der Waals surface area (Å²) in [5, 5.41) is 6.25. The fraction of sp³-hybridized carbons (Fsp3) is 0.238. The van der Waals surface area contributed by atoms with Crippen LogP contribution in [0, 0.1) is 0 Å². The van der Waals surface area contributed by atoms with Gasteiger partial charge in [0.2, 0.25) is 5.91 Å². The average molecular weight is 416 g/mol. The highest BCUT2D eigenvalue weighted by molar-refractivity contribution is 7.13. The molecular weight excluding hydrogens is 394 g/mol. The van der Waals surface area contributed by atoms with Crippen molar-refractivity contribution in [2.75, 3.05) is 30.9 Å². The monoisotopic (exact) mass is 415 g/mol. The van der Waals surface area contributed by atoms with E-state index in [1.807, 2.05) is 61.6 Å². The van der Waals surface area contributed by atoms with Gasteiger partial charge in [-0.2, -0.15) is 0 Å². The van der Waals surface area contributed by atoms with Gasteiger partial charge in [-0.05, 0) is 37.3 Å². The third kappa shape index (κ3) is 4.82. The number of rotatable bonds is 7. The van der Waals surface area contributed by atoms with E-state index in [1.165, 1.54) is 11.3 Å². The molecule has 0 saturated carbocycles. The number of halogens is 1. The minimum absolute atomic E-state index is 0.139. The zero-order chi connectivity index (χ0) is 20.1. The number of carbonyl (C=O) groups is 1. The van der Waals surface area contributed by atoms with Crippen molar-refractivity contribution in [2.24, 2.45) is 0 Å². The normalized spacial score (nSPS) is 10.6. The maximum Gasteiger partial charge on any atom is 0.230 e. The highest BCUT2D eigenvalue weighted by Crippen LogP contribution is 2.32. The summed E-state index contributed by atoms with van der Waals surface area (Å²) in [5.74, 6) is 0.658. The van der Waals surface area contributed by atoms with Crippen molar-refractivity contribution >= 4 is 40.2 Å². The summed E-state index contributed by atoms with van der Waals surface area (Å²) in [4.78, 5) is 19.1. The zero-order valence-corrected chi connectivity index (χ0v) is 17.6. The van der Waals surface area contributed by atoms with Crippen LogP contribution >= 0.6 is 22.9 Å². The fourth-order valence-electron chi connectivity index (χ4n) is 2.79. The van der Waals surface area contributed by atoms with Crippen molar-refractivity contribution in [1.82, 2.24) is 4.98 Å². The third-order valence-electron chi connectivity index (χ3n) is 4.03. The molecule has 0 atom stereocenters. The van der Waals surface area contributed by atoms with E-state index < -0.39 is 0 Å². The number of benzene rings is 2. The number of hydrogen-bond donors (Lipinski definition) is 1. The quantitative estimate of drug-likeness (QED) is 0.582. The average Bonchev–Trinajstić information content (AvgIpc) is 3.10. The summed E-state index contributed by atoms with van der Waals surface area (Å²) in [7, 11) is 3.84. The Labute approximate surface area is 173 Å². The molecule has 5 nitrogen and oxygen atoms in total. The molecule has 3 aromatic rings. The van der Waals surface area contributed by atoms with Crippen molar-refractivity contribution in [3.63, 3.8) is 0 Å². The predicted octanol–water partition coefficient (Wildman–Crippen LogP) is 5.11. The van der Waals surface area contributed by atoms with Crippen LogP contribution in [0.25, 0.3) is 10.6 Å². The maximum atomic E-state index is 12.6. The Morgan fingerprint density at radius 2 is 2.04 bits per heavy atom. The predicted molar refractivity (Wildman–Crippen MR) is 117 cm³/mol. The Morgan fingerprint density at radius 3 is 2.79 bits per heavy atom. The van der Waals surface area contributed by atoms with Crippen LogP contribution in [-0.4, -0.2) is 31.6 Å². The largest absolute Gasteiger partial charge is 0.493 e. The van der Waals surface area contributed by atoms with Gasteiger partial charge in [0.1, 0.15) is 10.8 Å². The minimum Gasteiger partial charge on any atom is -0.493 e. The lowest BCUT2D eigenvalue weighted by Gasteiger charge is -2.18. The molecule has 3 rings (SSSR count). The molecule has 0 unspecified atom stereocenters. The highest BCUT2D eigenvalue weighted by atomic mass is 35.5. The van der Waals surface area contributed by atoms with Gasteiger partial charge >= 0.3 is 0 Å². The molecule has 1 heterocycles. The molecule has 0 aliphatic carbocycles. The van der Waals surface area contributed by atoms with Gasteiger partial charge in [0.25, 0.3) is 0 Å². The summed E-state index contributed by atoms with van der Waals surface area (Å²) < 4.78 is 5.68. The van der Waals surface area contributed by atoms with Crippen molar-refractivity contribution in [1.29, 1.82) is 0 Å². The first-order valence-corrected chi connectivity index (χ1v) is 10.2. The van der Waals surface area contributed by atoms with E-state index in [-0.39, 0.29) is 12.3 Å². The molecule has 1 amide bonds. The molecule has 0 aliphatic rings. The number of anilines is 2. The van der Waals surface area contributed by atoms with Gasteiger partial charge in [-0.3, -0.25) is 4.79 Å². The summed E-state index contributed by atoms with van der Waals surface area (Å²) in [6.45, 7) is 2.54. The fourth-order valence-corrected chi connectivity index (χ4v) is 3.82. The van der Waals surface area contributed by atoms with E-state index in [1.54, 1.807) is 12.1 Å². The van der Waals surface area contributed by atoms with Gasteiger partial charge in [-0.15, -0.1) is 11.3 Å². The Kier molecular flexibility index (Phi) is 6.54. The van der Waals surface area contributed by atoms with E-state index in [9.17, 15) is 4.79 Å². The second kappa shape index (κ2) is 9.08. The summed E-state index contributed by atoms with van der Waals surface area (Å²) >= 11 is 7.59. The van der Waals surface area contributed by atoms with E-state index in [0.29, 0.717) is 17.3 Å². The van der Waals surface area contributed by atoms with Crippen molar-refractivity contribution in [3.8, 4) is 16.3 Å². The van der Waals surface area contributed by atoms with Gasteiger partial charge < -0.3 is 15.0 Å². The molecule has 7 heteroatoms. The lowest BCUT2D eigenvalue weighted by Crippen LogP contribution is -2.18. The number of para-hydroxylation sites is 1. The number of ether oxygens (including phenoxy) is 1. The smallest absolute Gasteiger partial charge is 0.230 e. The number of thiazole rings is 1. The summed E-state index contributed by atoms with van der Waals surface area (Å²) in [5.41, 5.74) is 3.23. The van der Waals surface area contributed by atoms with Gasteiger partial charge in [0.05, 0.1) is 35.7 Å². The molecule has 1 N–H and O–H groups in total.